The molecule has 1 saturated heterocycles. The maximum absolute atomic E-state index is 11.5. The van der Waals surface area contributed by atoms with Gasteiger partial charge in [-0.25, -0.2) is 0 Å². The lowest BCUT2D eigenvalue weighted by molar-refractivity contribution is -0.144. The fourth-order valence-corrected chi connectivity index (χ4v) is 2.94. The summed E-state index contributed by atoms with van der Waals surface area (Å²) in [6, 6.07) is 2.56. The van der Waals surface area contributed by atoms with E-state index in [1.165, 1.54) is 12.0 Å². The number of likely N-dealkylation sites (tertiary alicyclic amines) is 1. The number of hydrogen-bond acceptors (Lipinski definition) is 4. The van der Waals surface area contributed by atoms with Crippen molar-refractivity contribution in [3.05, 3.63) is 22.4 Å². The van der Waals surface area contributed by atoms with Crippen LogP contribution in [-0.2, 0) is 9.53 Å². The molecule has 2 heterocycles. The number of nitrogens with zero attached hydrogens (tertiary/aromatic N) is 1. The minimum absolute atomic E-state index is 0.107. The van der Waals surface area contributed by atoms with E-state index in [2.05, 4.69) is 21.7 Å². The van der Waals surface area contributed by atoms with Crippen LogP contribution in [0.3, 0.4) is 0 Å². The Bertz CT molecular complexity index is 337. The molecule has 1 atom stereocenters. The minimum Gasteiger partial charge on any atom is -0.465 e. The van der Waals surface area contributed by atoms with Crippen molar-refractivity contribution in [1.29, 1.82) is 0 Å². The van der Waals surface area contributed by atoms with Gasteiger partial charge in [0.1, 0.15) is 0 Å². The topological polar surface area (TPSA) is 29.5 Å². The van der Waals surface area contributed by atoms with Crippen LogP contribution >= 0.6 is 11.3 Å². The molecule has 0 radical (unpaired) electrons. The average Bonchev–Trinajstić information content (AvgIpc) is 2.86. The van der Waals surface area contributed by atoms with Gasteiger partial charge >= 0.3 is 5.97 Å². The number of hydrogen-bond donors (Lipinski definition) is 0. The molecule has 2 rings (SSSR count). The number of carbonyl (C=O) groups is 1. The lowest BCUT2D eigenvalue weighted by Gasteiger charge is -2.22. The smallest absolute Gasteiger partial charge is 0.320 e. The van der Waals surface area contributed by atoms with Gasteiger partial charge in [0.2, 0.25) is 0 Å². The third kappa shape index (κ3) is 2.62. The number of thiophene rings is 1. The van der Waals surface area contributed by atoms with Crippen LogP contribution in [0.25, 0.3) is 0 Å². The average molecular weight is 239 g/mol. The highest BCUT2D eigenvalue weighted by Gasteiger charge is 2.27. The molecule has 16 heavy (non-hydrogen) atoms. The maximum Gasteiger partial charge on any atom is 0.320 e. The molecule has 1 aliphatic rings. The van der Waals surface area contributed by atoms with Crippen molar-refractivity contribution in [2.24, 2.45) is 0 Å². The summed E-state index contributed by atoms with van der Waals surface area (Å²) in [5.74, 6) is -0.107. The Morgan fingerprint density at radius 1 is 1.69 bits per heavy atom. The summed E-state index contributed by atoms with van der Waals surface area (Å²) in [4.78, 5) is 13.7. The molecule has 0 amide bonds. The quantitative estimate of drug-likeness (QED) is 0.756. The van der Waals surface area contributed by atoms with Gasteiger partial charge in [-0.05, 0) is 48.7 Å². The third-order valence-corrected chi connectivity index (χ3v) is 3.63. The summed E-state index contributed by atoms with van der Waals surface area (Å²) in [6.45, 7) is 3.74. The molecule has 1 aromatic heterocycles. The fraction of sp³-hybridized carbons (Fsp3) is 0.583. The van der Waals surface area contributed by atoms with Crippen LogP contribution in [0.5, 0.6) is 0 Å². The number of ether oxygens (including phenoxy) is 1. The van der Waals surface area contributed by atoms with Crippen LogP contribution in [-0.4, -0.2) is 30.6 Å². The fourth-order valence-electron chi connectivity index (χ4n) is 2.23. The Morgan fingerprint density at radius 3 is 3.25 bits per heavy atom. The van der Waals surface area contributed by atoms with Crippen molar-refractivity contribution < 1.29 is 9.53 Å². The lowest BCUT2D eigenvalue weighted by Crippen LogP contribution is -2.30. The van der Waals surface area contributed by atoms with E-state index in [4.69, 9.17) is 4.74 Å². The molecule has 0 bridgehead atoms. The molecular weight excluding hydrogens is 222 g/mol. The first-order chi connectivity index (χ1) is 7.81. The molecule has 0 unspecified atom stereocenters. The van der Waals surface area contributed by atoms with Crippen LogP contribution < -0.4 is 0 Å². The predicted octanol–water partition coefficient (Wildman–Crippen LogP) is 2.45. The van der Waals surface area contributed by atoms with E-state index >= 15 is 0 Å². The van der Waals surface area contributed by atoms with Gasteiger partial charge in [-0.3, -0.25) is 9.69 Å². The van der Waals surface area contributed by atoms with Crippen LogP contribution in [0.4, 0.5) is 0 Å². The molecular formula is C12H17NO2S. The maximum atomic E-state index is 11.5. The van der Waals surface area contributed by atoms with Gasteiger partial charge in [-0.2, -0.15) is 11.3 Å². The Kier molecular flexibility index (Phi) is 3.96. The van der Waals surface area contributed by atoms with Crippen molar-refractivity contribution >= 4 is 17.3 Å². The van der Waals surface area contributed by atoms with Crippen molar-refractivity contribution in [1.82, 2.24) is 4.90 Å². The highest BCUT2D eigenvalue weighted by molar-refractivity contribution is 7.07. The molecule has 3 nitrogen and oxygen atoms in total. The van der Waals surface area contributed by atoms with E-state index in [1.807, 2.05) is 6.92 Å². The van der Waals surface area contributed by atoms with E-state index in [-0.39, 0.29) is 5.97 Å². The van der Waals surface area contributed by atoms with Crippen LogP contribution in [0.2, 0.25) is 0 Å². The second kappa shape index (κ2) is 5.46. The normalized spacial score (nSPS) is 21.2. The summed E-state index contributed by atoms with van der Waals surface area (Å²) in [7, 11) is 0. The summed E-state index contributed by atoms with van der Waals surface area (Å²) in [6.07, 6.45) is 2.32. The largest absolute Gasteiger partial charge is 0.465 e. The standard InChI is InChI=1S/C12H17NO2S/c1-2-15-12(14)8-13-6-3-4-11(13)10-5-7-16-9-10/h5,7,9,11H,2-4,6,8H2,1H3/t11-/m0/s1. The summed E-state index contributed by atoms with van der Waals surface area (Å²) >= 11 is 1.71. The van der Waals surface area contributed by atoms with Gasteiger partial charge < -0.3 is 4.74 Å². The highest BCUT2D eigenvalue weighted by atomic mass is 32.1. The van der Waals surface area contributed by atoms with Gasteiger partial charge in [-0.15, -0.1) is 0 Å². The Morgan fingerprint density at radius 2 is 2.56 bits per heavy atom. The van der Waals surface area contributed by atoms with Crippen LogP contribution in [0.1, 0.15) is 31.4 Å². The number of rotatable bonds is 4. The van der Waals surface area contributed by atoms with E-state index < -0.39 is 0 Å². The first-order valence-corrected chi connectivity index (χ1v) is 6.67. The van der Waals surface area contributed by atoms with E-state index in [1.54, 1.807) is 11.3 Å². The van der Waals surface area contributed by atoms with Crippen molar-refractivity contribution in [2.45, 2.75) is 25.8 Å². The monoisotopic (exact) mass is 239 g/mol. The summed E-state index contributed by atoms with van der Waals surface area (Å²) < 4.78 is 4.99. The molecule has 4 heteroatoms. The minimum atomic E-state index is -0.107. The second-order valence-electron chi connectivity index (χ2n) is 3.99. The van der Waals surface area contributed by atoms with Gasteiger partial charge in [0, 0.05) is 6.04 Å². The van der Waals surface area contributed by atoms with Crippen molar-refractivity contribution in [3.8, 4) is 0 Å². The second-order valence-corrected chi connectivity index (χ2v) is 4.77. The molecule has 1 aliphatic heterocycles. The first kappa shape index (κ1) is 11.6. The van der Waals surface area contributed by atoms with Crippen molar-refractivity contribution in [3.63, 3.8) is 0 Å². The van der Waals surface area contributed by atoms with Gasteiger partial charge in [-0.1, -0.05) is 0 Å². The SMILES string of the molecule is CCOC(=O)CN1CCC[C@H]1c1ccsc1. The van der Waals surface area contributed by atoms with Gasteiger partial charge in [0.15, 0.2) is 0 Å². The van der Waals surface area contributed by atoms with Gasteiger partial charge in [0.05, 0.1) is 13.2 Å². The Hall–Kier alpha value is -0.870. The molecule has 0 spiro atoms. The zero-order valence-electron chi connectivity index (χ0n) is 9.52. The zero-order chi connectivity index (χ0) is 11.4. The zero-order valence-corrected chi connectivity index (χ0v) is 10.3. The number of carbonyl (C=O) groups excluding carboxylic acids is 1. The molecule has 0 aliphatic carbocycles. The molecule has 0 saturated carbocycles. The first-order valence-electron chi connectivity index (χ1n) is 5.73. The van der Waals surface area contributed by atoms with Crippen molar-refractivity contribution in [2.75, 3.05) is 19.7 Å². The molecule has 1 fully saturated rings. The summed E-state index contributed by atoms with van der Waals surface area (Å²) in [5, 5.41) is 4.27. The lowest BCUT2D eigenvalue weighted by atomic mass is 10.1. The molecule has 88 valence electrons. The van der Waals surface area contributed by atoms with Gasteiger partial charge in [0.25, 0.3) is 0 Å². The Labute approximate surface area is 100 Å². The summed E-state index contributed by atoms with van der Waals surface area (Å²) in [5.41, 5.74) is 1.34. The van der Waals surface area contributed by atoms with Crippen LogP contribution in [0.15, 0.2) is 16.8 Å². The Balaban J connectivity index is 1.96. The molecule has 0 N–H and O–H groups in total. The third-order valence-electron chi connectivity index (χ3n) is 2.93. The van der Waals surface area contributed by atoms with E-state index in [0.29, 0.717) is 19.2 Å². The predicted molar refractivity (Wildman–Crippen MR) is 64.5 cm³/mol. The van der Waals surface area contributed by atoms with E-state index in [9.17, 15) is 4.79 Å². The molecule has 1 aromatic rings. The van der Waals surface area contributed by atoms with Crippen LogP contribution in [0, 0.1) is 0 Å². The van der Waals surface area contributed by atoms with E-state index in [0.717, 1.165) is 13.0 Å². The highest BCUT2D eigenvalue weighted by Crippen LogP contribution is 2.32. The molecule has 0 aromatic carbocycles. The number of esters is 1.